The molecule has 0 saturated heterocycles. The summed E-state index contributed by atoms with van der Waals surface area (Å²) in [7, 11) is 0. The zero-order valence-electron chi connectivity index (χ0n) is 35.0. The smallest absolute Gasteiger partial charge is 0.324 e. The molecule has 0 unspecified atom stereocenters. The van der Waals surface area contributed by atoms with Crippen LogP contribution in [0.1, 0.15) is 28.7 Å². The predicted molar refractivity (Wildman–Crippen MR) is 249 cm³/mol. The highest BCUT2D eigenvalue weighted by atomic mass is 19.4. The summed E-state index contributed by atoms with van der Waals surface area (Å²) in [5, 5.41) is 24.1. The van der Waals surface area contributed by atoms with Crippen molar-refractivity contribution in [2.75, 3.05) is 0 Å². The summed E-state index contributed by atoms with van der Waals surface area (Å²) in [6, 6.07) is 53.8. The number of nitrogens with one attached hydrogen (secondary N) is 1. The molecule has 0 spiro atoms. The quantitative estimate of drug-likeness (QED) is 0.175. The Balaban J connectivity index is 1.28. The first-order valence-corrected chi connectivity index (χ1v) is 21.0. The number of benzene rings is 7. The van der Waals surface area contributed by atoms with E-state index in [1.807, 2.05) is 126 Å². The minimum Gasteiger partial charge on any atom is -0.324 e. The second-order valence-corrected chi connectivity index (χ2v) is 15.9. The third-order valence-corrected chi connectivity index (χ3v) is 11.8. The Morgan fingerprint density at radius 2 is 1.06 bits per heavy atom. The van der Waals surface area contributed by atoms with E-state index in [-0.39, 0.29) is 33.7 Å². The number of amidine groups is 2. The van der Waals surface area contributed by atoms with Gasteiger partial charge in [0.1, 0.15) is 11.7 Å². The fourth-order valence-corrected chi connectivity index (χ4v) is 8.58. The van der Waals surface area contributed by atoms with Crippen molar-refractivity contribution < 1.29 is 26.3 Å². The van der Waals surface area contributed by atoms with Gasteiger partial charge < -0.3 is 9.88 Å². The minimum absolute atomic E-state index is 0.0322. The Hall–Kier alpha value is -8.74. The second-order valence-electron chi connectivity index (χ2n) is 15.9. The maximum atomic E-state index is 15.0. The molecular weight excluding hydrogens is 859 g/mol. The molecule has 10 rings (SSSR count). The monoisotopic (exact) mass is 890 g/mol. The average molecular weight is 891 g/mol. The van der Waals surface area contributed by atoms with E-state index in [1.165, 1.54) is 6.07 Å². The molecule has 0 saturated carbocycles. The third-order valence-electron chi connectivity index (χ3n) is 11.8. The van der Waals surface area contributed by atoms with Crippen molar-refractivity contribution in [1.82, 2.24) is 9.88 Å². The zero-order chi connectivity index (χ0) is 46.5. The normalized spacial score (nSPS) is 15.8. The highest BCUT2D eigenvalue weighted by molar-refractivity contribution is 6.16. The van der Waals surface area contributed by atoms with Gasteiger partial charge in [0, 0.05) is 32.8 Å². The van der Waals surface area contributed by atoms with E-state index >= 15 is 13.2 Å². The largest absolute Gasteiger partial charge is 0.416 e. The van der Waals surface area contributed by atoms with Crippen LogP contribution < -0.4 is 15.8 Å². The summed E-state index contributed by atoms with van der Waals surface area (Å²) in [5.41, 5.74) is 4.74. The van der Waals surface area contributed by atoms with E-state index in [1.54, 1.807) is 36.4 Å². The molecule has 0 fully saturated rings. The maximum absolute atomic E-state index is 15.0. The van der Waals surface area contributed by atoms with E-state index in [9.17, 15) is 23.7 Å². The topological polar surface area (TPSA) is 89.3 Å². The van der Waals surface area contributed by atoms with Gasteiger partial charge >= 0.3 is 12.4 Å². The number of allylic oxidation sites excluding steroid dienone is 4. The molecule has 0 atom stereocenters. The molecule has 7 aromatic carbocycles. The highest BCUT2D eigenvalue weighted by Crippen LogP contribution is 2.41. The van der Waals surface area contributed by atoms with Crippen molar-refractivity contribution in [3.05, 3.63) is 220 Å². The lowest BCUT2D eigenvalue weighted by Crippen LogP contribution is -2.39. The Morgan fingerprint density at radius 3 is 1.58 bits per heavy atom. The molecule has 1 aliphatic carbocycles. The molecular formula is C55H32F6N6. The van der Waals surface area contributed by atoms with Crippen LogP contribution in [0.2, 0.25) is 0 Å². The summed E-state index contributed by atoms with van der Waals surface area (Å²) in [6.07, 6.45) is -9.83. The van der Waals surface area contributed by atoms with Crippen molar-refractivity contribution in [3.63, 3.8) is 0 Å². The van der Waals surface area contributed by atoms with Gasteiger partial charge in [-0.15, -0.1) is 0 Å². The summed E-state index contributed by atoms with van der Waals surface area (Å²) >= 11 is 0. The Bertz CT molecular complexity index is 3530. The number of aromatic nitrogens is 1. The van der Waals surface area contributed by atoms with E-state index in [0.29, 0.717) is 33.8 Å². The highest BCUT2D eigenvalue weighted by Gasteiger charge is 2.42. The van der Waals surface area contributed by atoms with Crippen LogP contribution in [-0.2, 0) is 0 Å². The molecule has 1 aliphatic heterocycles. The van der Waals surface area contributed by atoms with Crippen LogP contribution in [0, 0.1) is 22.7 Å². The van der Waals surface area contributed by atoms with Crippen molar-refractivity contribution in [3.8, 4) is 40.1 Å². The Labute approximate surface area is 379 Å². The van der Waals surface area contributed by atoms with E-state index in [2.05, 4.69) is 17.5 Å². The summed E-state index contributed by atoms with van der Waals surface area (Å²) in [5.74, 6) is 0.769. The molecule has 2 heterocycles. The van der Waals surface area contributed by atoms with Crippen molar-refractivity contribution in [2.45, 2.75) is 18.8 Å². The van der Waals surface area contributed by atoms with Gasteiger partial charge in [0.05, 0.1) is 45.4 Å². The fraction of sp³-hybridized carbons (Fsp3) is 0.0545. The Morgan fingerprint density at radius 1 is 0.522 bits per heavy atom. The standard InChI is InChI=1S/C55H32F6N6/c56-54(57,58)41-21-23-44(48(29-41)55(59,60)61)43-24-22-42(30-47(43)53-65-51(37-7-3-1-4-8-37)64-52(66-53)38-9-5-2-6-10-38)67-49-25-19-39(35-15-11-33(31-62)12-16-35)27-45(49)46-28-40(20-26-50(46)67)36-17-13-34(32-63)14-18-36/h1-22,24-30H,23H2,(H,64,65,66). The van der Waals surface area contributed by atoms with Crippen LogP contribution >= 0.6 is 0 Å². The molecule has 1 N–H and O–H groups in total. The Kier molecular flexibility index (Phi) is 10.5. The van der Waals surface area contributed by atoms with Crippen LogP contribution in [0.4, 0.5) is 26.3 Å². The number of hydrogen-bond donors (Lipinski definition) is 1. The van der Waals surface area contributed by atoms with Gasteiger partial charge in [0.15, 0.2) is 5.84 Å². The lowest BCUT2D eigenvalue weighted by atomic mass is 9.90. The van der Waals surface area contributed by atoms with Gasteiger partial charge in [0.25, 0.3) is 0 Å². The molecule has 324 valence electrons. The predicted octanol–water partition coefficient (Wildman–Crippen LogP) is 12.0. The number of rotatable bonds is 5. The van der Waals surface area contributed by atoms with Gasteiger partial charge in [-0.05, 0) is 106 Å². The lowest BCUT2D eigenvalue weighted by molar-refractivity contribution is -0.0938. The van der Waals surface area contributed by atoms with Gasteiger partial charge in [-0.25, -0.2) is 9.98 Å². The van der Waals surface area contributed by atoms with Crippen LogP contribution in [0.15, 0.2) is 197 Å². The SMILES string of the molecule is N#Cc1ccc(-c2ccc3c(c2)c2cc(-c4ccc(C#N)cc4)ccc2n3-c2ccc(=C3CC=C(C(F)(F)F)C=C3C(F)(F)F)c(=C3N=C(c4ccccc4)N=C(c4ccccc4)N3)c2)cc1. The molecule has 8 aromatic rings. The summed E-state index contributed by atoms with van der Waals surface area (Å²) in [4.78, 5) is 9.77. The molecule has 2 aliphatic rings. The average Bonchev–Trinajstić information content (AvgIpc) is 3.69. The number of nitrogens with zero attached hydrogens (tertiary/aromatic N) is 5. The third kappa shape index (κ3) is 8.06. The lowest BCUT2D eigenvalue weighted by Gasteiger charge is -2.22. The molecule has 0 amide bonds. The van der Waals surface area contributed by atoms with Crippen LogP contribution in [0.25, 0.3) is 61.1 Å². The summed E-state index contributed by atoms with van der Waals surface area (Å²) < 4.78 is 89.2. The van der Waals surface area contributed by atoms with E-state index in [4.69, 9.17) is 9.98 Å². The number of halogens is 6. The molecule has 67 heavy (non-hydrogen) atoms. The van der Waals surface area contributed by atoms with Gasteiger partial charge in [-0.2, -0.15) is 36.9 Å². The first kappa shape index (κ1) is 42.2. The van der Waals surface area contributed by atoms with E-state index < -0.39 is 29.9 Å². The van der Waals surface area contributed by atoms with E-state index in [0.717, 1.165) is 50.1 Å². The maximum Gasteiger partial charge on any atom is 0.416 e. The number of nitriles is 2. The fourth-order valence-electron chi connectivity index (χ4n) is 8.58. The first-order valence-electron chi connectivity index (χ1n) is 21.0. The minimum atomic E-state index is -5.14. The molecule has 1 aromatic heterocycles. The number of fused-ring (bicyclic) bond motifs is 3. The van der Waals surface area contributed by atoms with Gasteiger partial charge in [-0.1, -0.05) is 109 Å². The number of alkyl halides is 6. The van der Waals surface area contributed by atoms with Crippen LogP contribution in [0.3, 0.4) is 0 Å². The van der Waals surface area contributed by atoms with Crippen molar-refractivity contribution in [1.29, 1.82) is 10.5 Å². The van der Waals surface area contributed by atoms with Gasteiger partial charge in [-0.3, -0.25) is 0 Å². The first-order chi connectivity index (χ1) is 32.4. The zero-order valence-corrected chi connectivity index (χ0v) is 35.0. The molecule has 0 radical (unpaired) electrons. The van der Waals surface area contributed by atoms with Gasteiger partial charge in [0.2, 0.25) is 0 Å². The second kappa shape index (κ2) is 16.7. The van der Waals surface area contributed by atoms with Crippen molar-refractivity contribution >= 4 is 44.9 Å². The molecule has 12 heteroatoms. The van der Waals surface area contributed by atoms with Crippen LogP contribution in [-0.4, -0.2) is 28.6 Å². The number of hydrogen-bond acceptors (Lipinski definition) is 5. The summed E-state index contributed by atoms with van der Waals surface area (Å²) in [6.45, 7) is 0. The van der Waals surface area contributed by atoms with Crippen molar-refractivity contribution in [2.24, 2.45) is 9.98 Å². The van der Waals surface area contributed by atoms with Crippen LogP contribution in [0.5, 0.6) is 0 Å². The number of aliphatic imine (C=N–C) groups is 2. The molecule has 0 bridgehead atoms. The molecule has 6 nitrogen and oxygen atoms in total.